The number of aromatic nitrogens is 2. The van der Waals surface area contributed by atoms with E-state index in [1.54, 1.807) is 30.2 Å². The molecule has 7 rings (SSSR count). The molecule has 0 spiro atoms. The first-order valence-electron chi connectivity index (χ1n) is 20.6. The minimum atomic E-state index is -1.05. The largest absolute Gasteiger partial charge is 0.460 e. The summed E-state index contributed by atoms with van der Waals surface area (Å²) in [7, 11) is 0. The Morgan fingerprint density at radius 3 is 2.58 bits per heavy atom. The van der Waals surface area contributed by atoms with Crippen LogP contribution in [-0.4, -0.2) is 81.7 Å². The van der Waals surface area contributed by atoms with Crippen LogP contribution in [0, 0.1) is 17.8 Å². The molecule has 0 amide bonds. The highest BCUT2D eigenvalue weighted by Crippen LogP contribution is 2.62. The van der Waals surface area contributed by atoms with Crippen molar-refractivity contribution in [3.8, 4) is 17.2 Å². The van der Waals surface area contributed by atoms with Crippen LogP contribution in [0.5, 0.6) is 17.2 Å². The Morgan fingerprint density at radius 1 is 1.02 bits per heavy atom. The second-order valence-electron chi connectivity index (χ2n) is 15.2. The zero-order valence-electron chi connectivity index (χ0n) is 33.0. The van der Waals surface area contributed by atoms with E-state index in [0.29, 0.717) is 19.6 Å². The number of hydrogen-bond acceptors (Lipinski definition) is 12. The van der Waals surface area contributed by atoms with Gasteiger partial charge in [0.15, 0.2) is 0 Å². The SMILES string of the molecule is C=CCOC12Oc3ccc(Oc4ccc(SC)cc4)cc3C3C(CCCCO)C(CCCCO)C=C(C(=NOC4CCCCO4)CC1SCCc1cnccn1)C32. The van der Waals surface area contributed by atoms with Crippen LogP contribution in [0.4, 0.5) is 0 Å². The lowest BCUT2D eigenvalue weighted by molar-refractivity contribution is -0.223. The highest BCUT2D eigenvalue weighted by Gasteiger charge is 2.64. The fourth-order valence-corrected chi connectivity index (χ4v) is 10.8. The van der Waals surface area contributed by atoms with E-state index >= 15 is 0 Å². The van der Waals surface area contributed by atoms with E-state index in [4.69, 9.17) is 28.9 Å². The van der Waals surface area contributed by atoms with Gasteiger partial charge < -0.3 is 34.0 Å². The van der Waals surface area contributed by atoms with Crippen molar-refractivity contribution < 1.29 is 34.0 Å². The number of benzene rings is 2. The van der Waals surface area contributed by atoms with Crippen LogP contribution in [0.15, 0.2) is 95.4 Å². The number of unbranched alkanes of at least 4 members (excludes halogenated alkanes) is 2. The summed E-state index contributed by atoms with van der Waals surface area (Å²) in [5, 5.41) is 24.6. The van der Waals surface area contributed by atoms with E-state index < -0.39 is 5.79 Å². The normalized spacial score (nSPS) is 27.1. The van der Waals surface area contributed by atoms with Crippen molar-refractivity contribution >= 4 is 29.2 Å². The third kappa shape index (κ3) is 9.91. The predicted molar refractivity (Wildman–Crippen MR) is 226 cm³/mol. The number of hydrogen-bond donors (Lipinski definition) is 2. The lowest BCUT2D eigenvalue weighted by Crippen LogP contribution is -2.64. The minimum absolute atomic E-state index is 0.0293. The summed E-state index contributed by atoms with van der Waals surface area (Å²) in [5.41, 5.74) is 4.03. The van der Waals surface area contributed by atoms with Crippen LogP contribution in [0.1, 0.15) is 81.4 Å². The highest BCUT2D eigenvalue weighted by atomic mass is 32.2. The lowest BCUT2D eigenvalue weighted by atomic mass is 9.56. The van der Waals surface area contributed by atoms with Gasteiger partial charge in [0, 0.05) is 67.4 Å². The van der Waals surface area contributed by atoms with Crippen molar-refractivity contribution in [2.24, 2.45) is 22.9 Å². The topological polar surface area (TPSA) is 125 Å². The van der Waals surface area contributed by atoms with Gasteiger partial charge >= 0.3 is 0 Å². The van der Waals surface area contributed by atoms with Crippen LogP contribution < -0.4 is 9.47 Å². The average Bonchev–Trinajstić information content (AvgIpc) is 3.25. The molecular weight excluding hydrogens is 759 g/mol. The number of aryl methyl sites for hydroxylation is 1. The fraction of sp³-hybridized carbons (Fsp3) is 0.533. The number of ether oxygens (including phenoxy) is 4. The Labute approximate surface area is 345 Å². The standard InChI is InChI=1S/C45H57N3O7S2/c1-3-24-52-45-41(57-26-19-32-30-46-20-21-47-32)29-39(48-55-42-12-6-9-25-51-42)37-27-31(10-4-7-22-49)36(11-5-8-23-50)43(44(37)45)38-28-34(15-18-40(38)54-45)53-33-13-16-35(56-2)17-14-33/h3,13-18,20-21,27-28,30-31,36,41-44,49-50H,1,4-12,19,22-26,29H2,2H3. The monoisotopic (exact) mass is 815 g/mol. The van der Waals surface area contributed by atoms with Crippen LogP contribution in [0.3, 0.4) is 0 Å². The molecule has 7 atom stereocenters. The predicted octanol–water partition coefficient (Wildman–Crippen LogP) is 9.13. The van der Waals surface area contributed by atoms with Crippen LogP contribution >= 0.6 is 23.5 Å². The molecule has 0 radical (unpaired) electrons. The van der Waals surface area contributed by atoms with Crippen molar-refractivity contribution in [2.75, 3.05) is 38.4 Å². The van der Waals surface area contributed by atoms with Gasteiger partial charge in [0.25, 0.3) is 0 Å². The number of fused-ring (bicyclic) bond motifs is 2. The number of nitrogens with zero attached hydrogens (tertiary/aromatic N) is 3. The molecule has 2 fully saturated rings. The third-order valence-electron chi connectivity index (χ3n) is 11.6. The number of thioether (sulfide) groups is 2. The number of aliphatic hydroxyl groups excluding tert-OH is 2. The van der Waals surface area contributed by atoms with Crippen LogP contribution in [0.25, 0.3) is 0 Å². The minimum Gasteiger partial charge on any atom is -0.460 e. The number of oxime groups is 1. The Morgan fingerprint density at radius 2 is 1.84 bits per heavy atom. The molecule has 2 aliphatic carbocycles. The molecule has 7 unspecified atom stereocenters. The van der Waals surface area contributed by atoms with Crippen molar-refractivity contribution in [1.82, 2.24) is 9.97 Å². The summed E-state index contributed by atoms with van der Waals surface area (Å²) in [6.45, 7) is 5.36. The van der Waals surface area contributed by atoms with Gasteiger partial charge in [-0.25, -0.2) is 0 Å². The molecule has 1 saturated heterocycles. The Hall–Kier alpha value is -3.39. The van der Waals surface area contributed by atoms with Crippen LogP contribution in [0.2, 0.25) is 0 Å². The molecule has 10 nitrogen and oxygen atoms in total. The molecule has 306 valence electrons. The van der Waals surface area contributed by atoms with E-state index in [9.17, 15) is 10.2 Å². The molecule has 4 aliphatic rings. The zero-order valence-corrected chi connectivity index (χ0v) is 34.6. The van der Waals surface area contributed by atoms with E-state index in [1.807, 2.05) is 42.2 Å². The smallest absolute Gasteiger partial charge is 0.230 e. The van der Waals surface area contributed by atoms with Gasteiger partial charge in [-0.2, -0.15) is 11.8 Å². The maximum absolute atomic E-state index is 9.95. The van der Waals surface area contributed by atoms with Crippen molar-refractivity contribution in [3.05, 3.63) is 96.6 Å². The summed E-state index contributed by atoms with van der Waals surface area (Å²) in [4.78, 5) is 16.3. The second kappa shape index (κ2) is 20.5. The van der Waals surface area contributed by atoms with Gasteiger partial charge in [-0.3, -0.25) is 9.97 Å². The maximum Gasteiger partial charge on any atom is 0.230 e. The summed E-state index contributed by atoms with van der Waals surface area (Å²) < 4.78 is 26.9. The van der Waals surface area contributed by atoms with Crippen molar-refractivity contribution in [3.63, 3.8) is 0 Å². The van der Waals surface area contributed by atoms with E-state index in [2.05, 4.69) is 47.1 Å². The van der Waals surface area contributed by atoms with Gasteiger partial charge in [0.1, 0.15) is 17.2 Å². The summed E-state index contributed by atoms with van der Waals surface area (Å²) in [5.74, 6) is 2.16. The Bertz CT molecular complexity index is 1810. The quantitative estimate of drug-likeness (QED) is 0.0491. The molecule has 2 aromatic carbocycles. The van der Waals surface area contributed by atoms with E-state index in [1.165, 1.54) is 4.90 Å². The molecule has 3 aromatic rings. The number of allylic oxidation sites excluding steroid dienone is 1. The molecule has 12 heteroatoms. The lowest BCUT2D eigenvalue weighted by Gasteiger charge is -2.58. The summed E-state index contributed by atoms with van der Waals surface area (Å²) in [6.07, 6.45) is 20.5. The van der Waals surface area contributed by atoms with Gasteiger partial charge in [-0.15, -0.1) is 18.3 Å². The van der Waals surface area contributed by atoms with Gasteiger partial charge in [0.05, 0.1) is 35.8 Å². The molecule has 1 aromatic heterocycles. The number of aliphatic hydroxyl groups is 2. The summed E-state index contributed by atoms with van der Waals surface area (Å²) in [6, 6.07) is 14.4. The van der Waals surface area contributed by atoms with E-state index in [0.717, 1.165) is 110 Å². The Balaban J connectivity index is 1.35. The first-order chi connectivity index (χ1) is 28.1. The zero-order chi connectivity index (χ0) is 39.5. The van der Waals surface area contributed by atoms with Crippen molar-refractivity contribution in [2.45, 2.75) is 98.8 Å². The number of rotatable bonds is 20. The Kier molecular flexibility index (Phi) is 15.0. The molecule has 2 aliphatic heterocycles. The fourth-order valence-electron chi connectivity index (χ4n) is 9.00. The summed E-state index contributed by atoms with van der Waals surface area (Å²) >= 11 is 3.52. The molecule has 0 bridgehead atoms. The van der Waals surface area contributed by atoms with Crippen molar-refractivity contribution in [1.29, 1.82) is 0 Å². The van der Waals surface area contributed by atoms with E-state index in [-0.39, 0.29) is 48.4 Å². The first-order valence-corrected chi connectivity index (χ1v) is 22.9. The molecule has 1 saturated carbocycles. The first kappa shape index (κ1) is 41.8. The molecule has 57 heavy (non-hydrogen) atoms. The molecule has 2 N–H and O–H groups in total. The maximum atomic E-state index is 9.95. The molecular formula is C45H57N3O7S2. The average molecular weight is 816 g/mol. The third-order valence-corrected chi connectivity index (χ3v) is 13.7. The van der Waals surface area contributed by atoms with Gasteiger partial charge in [-0.05, 0) is 110 Å². The highest BCUT2D eigenvalue weighted by molar-refractivity contribution is 8.00. The van der Waals surface area contributed by atoms with Crippen LogP contribution in [-0.2, 0) is 20.7 Å². The molecule has 3 heterocycles. The van der Waals surface area contributed by atoms with Gasteiger partial charge in [0.2, 0.25) is 12.1 Å². The van der Waals surface area contributed by atoms with Gasteiger partial charge in [-0.1, -0.05) is 30.1 Å². The second-order valence-corrected chi connectivity index (χ2v) is 17.4.